The number of rotatable bonds is 12. The molecule has 0 aromatic heterocycles. The lowest BCUT2D eigenvalue weighted by molar-refractivity contribution is -0.140. The van der Waals surface area contributed by atoms with Crippen LogP contribution >= 0.6 is 23.2 Å². The summed E-state index contributed by atoms with van der Waals surface area (Å²) in [5.41, 5.74) is 1.14. The molecule has 214 valence electrons. The summed E-state index contributed by atoms with van der Waals surface area (Å²) in [6, 6.07) is 15.3. The summed E-state index contributed by atoms with van der Waals surface area (Å²) in [7, 11) is -4.37. The first-order valence-electron chi connectivity index (χ1n) is 12.8. The molecule has 2 amide bonds. The van der Waals surface area contributed by atoms with Crippen molar-refractivity contribution in [1.29, 1.82) is 0 Å². The Kier molecular flexibility index (Phi) is 11.0. The van der Waals surface area contributed by atoms with Gasteiger partial charge < -0.3 is 10.2 Å². The summed E-state index contributed by atoms with van der Waals surface area (Å²) < 4.78 is 43.3. The van der Waals surface area contributed by atoms with Gasteiger partial charge in [0.15, 0.2) is 0 Å². The molecule has 1 N–H and O–H groups in total. The molecule has 0 radical (unpaired) electrons. The number of hydrogen-bond acceptors (Lipinski definition) is 4. The Morgan fingerprint density at radius 3 is 2.25 bits per heavy atom. The standard InChI is InChI=1S/C29H32Cl2FN3O4S/c1-4-16-33-29(37)26(5-2)34(18-21-12-15-23(30)24(31)17-21)28(36)19-35(27-9-7-6-8-25(27)32)40(38,39)22-13-10-20(3)11-14-22/h6-15,17,26H,4-5,16,18-19H2,1-3H3,(H,33,37)/t26-/m0/s1. The van der Waals surface area contributed by atoms with Crippen molar-refractivity contribution in [1.82, 2.24) is 10.2 Å². The second-order valence-corrected chi connectivity index (χ2v) is 11.9. The number of nitrogens with zero attached hydrogens (tertiary/aromatic N) is 2. The normalized spacial score (nSPS) is 12.1. The third kappa shape index (κ3) is 7.53. The Hall–Kier alpha value is -3.14. The number of amides is 2. The van der Waals surface area contributed by atoms with Crippen LogP contribution in [0.3, 0.4) is 0 Å². The van der Waals surface area contributed by atoms with E-state index >= 15 is 4.39 Å². The van der Waals surface area contributed by atoms with Gasteiger partial charge in [0, 0.05) is 13.1 Å². The summed E-state index contributed by atoms with van der Waals surface area (Å²) >= 11 is 12.3. The molecule has 0 saturated heterocycles. The zero-order chi connectivity index (χ0) is 29.4. The van der Waals surface area contributed by atoms with E-state index in [9.17, 15) is 18.0 Å². The van der Waals surface area contributed by atoms with Crippen LogP contribution in [0.1, 0.15) is 37.8 Å². The number of halogens is 3. The Bertz CT molecular complexity index is 1450. The van der Waals surface area contributed by atoms with Crippen molar-refractivity contribution in [3.63, 3.8) is 0 Å². The van der Waals surface area contributed by atoms with E-state index in [-0.39, 0.29) is 34.5 Å². The molecule has 7 nitrogen and oxygen atoms in total. The second-order valence-electron chi connectivity index (χ2n) is 9.26. The Morgan fingerprint density at radius 2 is 1.65 bits per heavy atom. The molecule has 0 unspecified atom stereocenters. The third-order valence-electron chi connectivity index (χ3n) is 6.28. The molecule has 0 aliphatic carbocycles. The van der Waals surface area contributed by atoms with Crippen LogP contribution in [-0.4, -0.2) is 44.3 Å². The Labute approximate surface area is 244 Å². The lowest BCUT2D eigenvalue weighted by Gasteiger charge is -2.33. The fraction of sp³-hybridized carbons (Fsp3) is 0.310. The highest BCUT2D eigenvalue weighted by Gasteiger charge is 2.34. The third-order valence-corrected chi connectivity index (χ3v) is 8.79. The maximum absolute atomic E-state index is 15.0. The Balaban J connectivity index is 2.07. The van der Waals surface area contributed by atoms with Crippen LogP contribution in [0.4, 0.5) is 10.1 Å². The van der Waals surface area contributed by atoms with Gasteiger partial charge in [0.05, 0.1) is 20.6 Å². The summed E-state index contributed by atoms with van der Waals surface area (Å²) in [6.07, 6.45) is 0.950. The van der Waals surface area contributed by atoms with Crippen LogP contribution in [-0.2, 0) is 26.2 Å². The molecular formula is C29H32Cl2FN3O4S. The van der Waals surface area contributed by atoms with Crippen molar-refractivity contribution >= 4 is 50.7 Å². The fourth-order valence-electron chi connectivity index (χ4n) is 4.12. The predicted octanol–water partition coefficient (Wildman–Crippen LogP) is 5.97. The molecule has 0 aliphatic heterocycles. The highest BCUT2D eigenvalue weighted by Crippen LogP contribution is 2.28. The predicted molar refractivity (Wildman–Crippen MR) is 157 cm³/mol. The summed E-state index contributed by atoms with van der Waals surface area (Å²) in [5.74, 6) is -1.88. The highest BCUT2D eigenvalue weighted by atomic mass is 35.5. The zero-order valence-corrected chi connectivity index (χ0v) is 24.9. The van der Waals surface area contributed by atoms with Crippen LogP contribution in [0.2, 0.25) is 10.0 Å². The summed E-state index contributed by atoms with van der Waals surface area (Å²) in [5, 5.41) is 3.40. The van der Waals surface area contributed by atoms with Gasteiger partial charge in [-0.2, -0.15) is 0 Å². The molecule has 0 aliphatic rings. The number of hydrogen-bond donors (Lipinski definition) is 1. The SMILES string of the molecule is CCCNC(=O)[C@H](CC)N(Cc1ccc(Cl)c(Cl)c1)C(=O)CN(c1ccccc1F)S(=O)(=O)c1ccc(C)cc1. The molecule has 3 aromatic rings. The molecule has 0 heterocycles. The number of carbonyl (C=O) groups excluding carboxylic acids is 2. The molecule has 0 bridgehead atoms. The average molecular weight is 609 g/mol. The number of nitrogens with one attached hydrogen (secondary N) is 1. The smallest absolute Gasteiger partial charge is 0.264 e. The van der Waals surface area contributed by atoms with Gasteiger partial charge in [-0.25, -0.2) is 12.8 Å². The van der Waals surface area contributed by atoms with Crippen LogP contribution in [0.5, 0.6) is 0 Å². The molecular weight excluding hydrogens is 576 g/mol. The average Bonchev–Trinajstić information content (AvgIpc) is 2.93. The van der Waals surface area contributed by atoms with E-state index in [1.165, 1.54) is 35.2 Å². The van der Waals surface area contributed by atoms with E-state index in [0.29, 0.717) is 23.6 Å². The van der Waals surface area contributed by atoms with E-state index in [4.69, 9.17) is 23.2 Å². The van der Waals surface area contributed by atoms with E-state index in [1.807, 2.05) is 13.8 Å². The van der Waals surface area contributed by atoms with Gasteiger partial charge in [0.25, 0.3) is 10.0 Å². The fourth-order valence-corrected chi connectivity index (χ4v) is 5.87. The molecule has 0 fully saturated rings. The van der Waals surface area contributed by atoms with Gasteiger partial charge in [-0.15, -0.1) is 0 Å². The van der Waals surface area contributed by atoms with Gasteiger partial charge in [-0.05, 0) is 61.7 Å². The first-order valence-corrected chi connectivity index (χ1v) is 15.0. The first-order chi connectivity index (χ1) is 19.0. The second kappa shape index (κ2) is 14.0. The van der Waals surface area contributed by atoms with Crippen molar-refractivity contribution in [2.24, 2.45) is 0 Å². The lowest BCUT2D eigenvalue weighted by Crippen LogP contribution is -2.52. The zero-order valence-electron chi connectivity index (χ0n) is 22.5. The largest absolute Gasteiger partial charge is 0.354 e. The van der Waals surface area contributed by atoms with E-state index in [2.05, 4.69) is 5.32 Å². The molecule has 3 aromatic carbocycles. The topological polar surface area (TPSA) is 86.8 Å². The molecule has 11 heteroatoms. The number of anilines is 1. The molecule has 40 heavy (non-hydrogen) atoms. The number of carbonyl (C=O) groups is 2. The maximum Gasteiger partial charge on any atom is 0.264 e. The summed E-state index contributed by atoms with van der Waals surface area (Å²) in [4.78, 5) is 28.3. The van der Waals surface area contributed by atoms with Crippen LogP contribution in [0.25, 0.3) is 0 Å². The van der Waals surface area contributed by atoms with Crippen LogP contribution in [0, 0.1) is 12.7 Å². The van der Waals surface area contributed by atoms with Crippen molar-refractivity contribution < 1.29 is 22.4 Å². The van der Waals surface area contributed by atoms with Crippen molar-refractivity contribution in [2.45, 2.75) is 51.1 Å². The molecule has 3 rings (SSSR count). The molecule has 0 spiro atoms. The monoisotopic (exact) mass is 607 g/mol. The van der Waals surface area contributed by atoms with Crippen molar-refractivity contribution in [2.75, 3.05) is 17.4 Å². The number of aryl methyl sites for hydroxylation is 1. The molecule has 0 saturated carbocycles. The minimum Gasteiger partial charge on any atom is -0.354 e. The van der Waals surface area contributed by atoms with Crippen molar-refractivity contribution in [3.05, 3.63) is 93.7 Å². The van der Waals surface area contributed by atoms with Gasteiger partial charge in [-0.3, -0.25) is 13.9 Å². The van der Waals surface area contributed by atoms with E-state index < -0.39 is 34.3 Å². The minimum absolute atomic E-state index is 0.0521. The quantitative estimate of drug-likeness (QED) is 0.275. The first kappa shape index (κ1) is 31.4. The highest BCUT2D eigenvalue weighted by molar-refractivity contribution is 7.92. The van der Waals surface area contributed by atoms with E-state index in [1.54, 1.807) is 37.3 Å². The lowest BCUT2D eigenvalue weighted by atomic mass is 10.1. The minimum atomic E-state index is -4.37. The van der Waals surface area contributed by atoms with Crippen LogP contribution < -0.4 is 9.62 Å². The van der Waals surface area contributed by atoms with Crippen LogP contribution in [0.15, 0.2) is 71.6 Å². The Morgan fingerprint density at radius 1 is 0.975 bits per heavy atom. The maximum atomic E-state index is 15.0. The van der Waals surface area contributed by atoms with E-state index in [0.717, 1.165) is 15.9 Å². The van der Waals surface area contributed by atoms with Crippen molar-refractivity contribution in [3.8, 4) is 0 Å². The van der Waals surface area contributed by atoms with Gasteiger partial charge in [-0.1, -0.05) is 72.9 Å². The molecule has 1 atom stereocenters. The van der Waals surface area contributed by atoms with Gasteiger partial charge >= 0.3 is 0 Å². The number of para-hydroxylation sites is 1. The summed E-state index contributed by atoms with van der Waals surface area (Å²) in [6.45, 7) is 5.09. The number of sulfonamides is 1. The van der Waals surface area contributed by atoms with Gasteiger partial charge in [0.2, 0.25) is 11.8 Å². The number of benzene rings is 3. The van der Waals surface area contributed by atoms with Gasteiger partial charge in [0.1, 0.15) is 18.4 Å².